The molecule has 1 aromatic carbocycles. The van der Waals surface area contributed by atoms with Gasteiger partial charge >= 0.3 is 5.97 Å². The number of carbonyl (C=O) groups excluding carboxylic acids is 2. The topological polar surface area (TPSA) is 73.2 Å². The number of esters is 1. The lowest BCUT2D eigenvalue weighted by atomic mass is 9.99. The third kappa shape index (κ3) is 3.76. The first-order chi connectivity index (χ1) is 12.0. The molecule has 0 spiro atoms. The number of nitrogens with zero attached hydrogens (tertiary/aromatic N) is 2. The van der Waals surface area contributed by atoms with E-state index in [1.807, 2.05) is 24.3 Å². The summed E-state index contributed by atoms with van der Waals surface area (Å²) in [6.07, 6.45) is 4.11. The molecule has 0 aliphatic heterocycles. The molecule has 6 nitrogen and oxygen atoms in total. The Labute approximate surface area is 154 Å². The van der Waals surface area contributed by atoms with E-state index in [-0.39, 0.29) is 23.8 Å². The van der Waals surface area contributed by atoms with Crippen molar-refractivity contribution in [1.29, 1.82) is 0 Å². The highest BCUT2D eigenvalue weighted by Crippen LogP contribution is 2.37. The van der Waals surface area contributed by atoms with Crippen molar-refractivity contribution in [2.45, 2.75) is 38.1 Å². The molecule has 3 rings (SSSR count). The van der Waals surface area contributed by atoms with E-state index >= 15 is 0 Å². The molecule has 1 aliphatic rings. The fourth-order valence-electron chi connectivity index (χ4n) is 3.48. The summed E-state index contributed by atoms with van der Waals surface area (Å²) in [6.45, 7) is 1.53. The number of hydrogen-bond acceptors (Lipinski definition) is 4. The first-order valence-electron chi connectivity index (χ1n) is 8.19. The second-order valence-corrected chi connectivity index (χ2v) is 7.15. The van der Waals surface area contributed by atoms with Gasteiger partial charge in [0.1, 0.15) is 5.56 Å². The molecule has 1 heterocycles. The van der Waals surface area contributed by atoms with Crippen LogP contribution in [0.25, 0.3) is 5.69 Å². The van der Waals surface area contributed by atoms with Crippen molar-refractivity contribution in [2.75, 3.05) is 7.11 Å². The Morgan fingerprint density at radius 3 is 2.84 bits per heavy atom. The van der Waals surface area contributed by atoms with Crippen molar-refractivity contribution in [2.24, 2.45) is 0 Å². The lowest BCUT2D eigenvalue weighted by Crippen LogP contribution is -2.30. The Bertz CT molecular complexity index is 803. The van der Waals surface area contributed by atoms with Gasteiger partial charge in [0.15, 0.2) is 0 Å². The number of halogens is 1. The number of methoxy groups -OCH3 is 1. The van der Waals surface area contributed by atoms with Crippen LogP contribution in [0.4, 0.5) is 0 Å². The Hall–Kier alpha value is -2.15. The SMILES string of the molecule is COC(=O)c1cnn(-c2cccc(Br)c2)c1C1CCC(NC(C)=O)C1. The number of amides is 1. The monoisotopic (exact) mass is 405 g/mol. The van der Waals surface area contributed by atoms with E-state index in [4.69, 9.17) is 4.74 Å². The zero-order chi connectivity index (χ0) is 18.0. The minimum Gasteiger partial charge on any atom is -0.465 e. The molecule has 0 saturated heterocycles. The average molecular weight is 406 g/mol. The lowest BCUT2D eigenvalue weighted by molar-refractivity contribution is -0.119. The van der Waals surface area contributed by atoms with Gasteiger partial charge in [-0.15, -0.1) is 0 Å². The van der Waals surface area contributed by atoms with Crippen LogP contribution in [-0.4, -0.2) is 34.8 Å². The molecule has 1 fully saturated rings. The zero-order valence-electron chi connectivity index (χ0n) is 14.2. The van der Waals surface area contributed by atoms with E-state index in [1.165, 1.54) is 14.0 Å². The summed E-state index contributed by atoms with van der Waals surface area (Å²) < 4.78 is 7.67. The van der Waals surface area contributed by atoms with Crippen LogP contribution in [0.3, 0.4) is 0 Å². The van der Waals surface area contributed by atoms with Gasteiger partial charge in [-0.3, -0.25) is 4.79 Å². The normalized spacial score (nSPS) is 19.6. The summed E-state index contributed by atoms with van der Waals surface area (Å²) in [7, 11) is 1.37. The number of aromatic nitrogens is 2. The number of carbonyl (C=O) groups is 2. The van der Waals surface area contributed by atoms with Crippen LogP contribution in [0.15, 0.2) is 34.9 Å². The van der Waals surface area contributed by atoms with Crippen molar-refractivity contribution < 1.29 is 14.3 Å². The molecule has 2 atom stereocenters. The average Bonchev–Trinajstić information content (AvgIpc) is 3.20. The molecule has 1 saturated carbocycles. The Morgan fingerprint density at radius 2 is 2.16 bits per heavy atom. The van der Waals surface area contributed by atoms with E-state index in [1.54, 1.807) is 10.9 Å². The van der Waals surface area contributed by atoms with Crippen LogP contribution >= 0.6 is 15.9 Å². The van der Waals surface area contributed by atoms with Gasteiger partial charge in [0.2, 0.25) is 5.91 Å². The van der Waals surface area contributed by atoms with E-state index in [2.05, 4.69) is 26.3 Å². The molecule has 0 radical (unpaired) electrons. The molecule has 2 unspecified atom stereocenters. The highest BCUT2D eigenvalue weighted by Gasteiger charge is 2.33. The molecule has 1 amide bonds. The van der Waals surface area contributed by atoms with E-state index in [0.29, 0.717) is 5.56 Å². The van der Waals surface area contributed by atoms with Gasteiger partial charge in [-0.1, -0.05) is 22.0 Å². The molecule has 2 aromatic rings. The Balaban J connectivity index is 1.99. The maximum atomic E-state index is 12.2. The first kappa shape index (κ1) is 17.7. The van der Waals surface area contributed by atoms with Crippen LogP contribution in [0.1, 0.15) is 48.2 Å². The van der Waals surface area contributed by atoms with Crippen molar-refractivity contribution in [3.8, 4) is 5.69 Å². The van der Waals surface area contributed by atoms with Gasteiger partial charge in [0.05, 0.1) is 24.7 Å². The maximum absolute atomic E-state index is 12.2. The third-order valence-electron chi connectivity index (χ3n) is 4.49. The molecule has 132 valence electrons. The van der Waals surface area contributed by atoms with Crippen molar-refractivity contribution in [1.82, 2.24) is 15.1 Å². The second-order valence-electron chi connectivity index (χ2n) is 6.23. The van der Waals surface area contributed by atoms with Crippen LogP contribution in [0.5, 0.6) is 0 Å². The van der Waals surface area contributed by atoms with Gasteiger partial charge in [-0.25, -0.2) is 9.48 Å². The van der Waals surface area contributed by atoms with Crippen LogP contribution < -0.4 is 5.32 Å². The van der Waals surface area contributed by atoms with Crippen molar-refractivity contribution >= 4 is 27.8 Å². The molecular formula is C18H20BrN3O3. The van der Waals surface area contributed by atoms with E-state index in [9.17, 15) is 9.59 Å². The zero-order valence-corrected chi connectivity index (χ0v) is 15.7. The van der Waals surface area contributed by atoms with Crippen LogP contribution in [0, 0.1) is 0 Å². The molecule has 0 bridgehead atoms. The summed E-state index contributed by atoms with van der Waals surface area (Å²) in [5.74, 6) is -0.286. The number of hydrogen-bond donors (Lipinski definition) is 1. The molecule has 1 aliphatic carbocycles. The second kappa shape index (κ2) is 7.39. The molecule has 1 aromatic heterocycles. The summed E-state index contributed by atoms with van der Waals surface area (Å²) in [4.78, 5) is 23.5. The van der Waals surface area contributed by atoms with Gasteiger partial charge < -0.3 is 10.1 Å². The van der Waals surface area contributed by atoms with Gasteiger partial charge in [-0.05, 0) is 37.5 Å². The highest BCUT2D eigenvalue weighted by molar-refractivity contribution is 9.10. The maximum Gasteiger partial charge on any atom is 0.341 e. The van der Waals surface area contributed by atoms with Gasteiger partial charge in [0, 0.05) is 23.4 Å². The fraction of sp³-hybridized carbons (Fsp3) is 0.389. The largest absolute Gasteiger partial charge is 0.465 e. The summed E-state index contributed by atoms with van der Waals surface area (Å²) in [5.41, 5.74) is 2.20. The van der Waals surface area contributed by atoms with Gasteiger partial charge in [0.25, 0.3) is 0 Å². The van der Waals surface area contributed by atoms with E-state index < -0.39 is 0 Å². The minimum atomic E-state index is -0.390. The standard InChI is InChI=1S/C18H20BrN3O3/c1-11(23)21-14-7-6-12(8-14)17-16(18(24)25-2)10-20-22(17)15-5-3-4-13(19)9-15/h3-5,9-10,12,14H,6-8H2,1-2H3,(H,21,23). The molecule has 7 heteroatoms. The Kier molecular flexibility index (Phi) is 5.22. The van der Waals surface area contributed by atoms with Crippen LogP contribution in [0.2, 0.25) is 0 Å². The molecular weight excluding hydrogens is 386 g/mol. The van der Waals surface area contributed by atoms with Crippen molar-refractivity contribution in [3.05, 3.63) is 46.2 Å². The third-order valence-corrected chi connectivity index (χ3v) is 4.98. The highest BCUT2D eigenvalue weighted by atomic mass is 79.9. The number of rotatable bonds is 4. The fourth-order valence-corrected chi connectivity index (χ4v) is 3.87. The van der Waals surface area contributed by atoms with Crippen molar-refractivity contribution in [3.63, 3.8) is 0 Å². The smallest absolute Gasteiger partial charge is 0.341 e. The first-order valence-corrected chi connectivity index (χ1v) is 8.98. The van der Waals surface area contributed by atoms with Gasteiger partial charge in [-0.2, -0.15) is 5.10 Å². The molecule has 1 N–H and O–H groups in total. The predicted molar refractivity (Wildman–Crippen MR) is 96.8 cm³/mol. The predicted octanol–water partition coefficient (Wildman–Crippen LogP) is 3.19. The molecule has 25 heavy (non-hydrogen) atoms. The number of benzene rings is 1. The number of nitrogens with one attached hydrogen (secondary N) is 1. The summed E-state index contributed by atoms with van der Waals surface area (Å²) in [5, 5.41) is 7.41. The van der Waals surface area contributed by atoms with E-state index in [0.717, 1.165) is 35.1 Å². The quantitative estimate of drug-likeness (QED) is 0.792. The lowest BCUT2D eigenvalue weighted by Gasteiger charge is -2.16. The number of ether oxygens (including phenoxy) is 1. The summed E-state index contributed by atoms with van der Waals surface area (Å²) in [6, 6.07) is 7.90. The summed E-state index contributed by atoms with van der Waals surface area (Å²) >= 11 is 3.47. The minimum absolute atomic E-state index is 0.0284. The van der Waals surface area contributed by atoms with Crippen LogP contribution in [-0.2, 0) is 9.53 Å². The Morgan fingerprint density at radius 1 is 1.36 bits per heavy atom.